The zero-order chi connectivity index (χ0) is 17.7. The van der Waals surface area contributed by atoms with Gasteiger partial charge in [0.15, 0.2) is 11.6 Å². The van der Waals surface area contributed by atoms with Crippen LogP contribution in [0.5, 0.6) is 0 Å². The number of hydrogen-bond donors (Lipinski definition) is 3. The molecule has 7 nitrogen and oxygen atoms in total. The second kappa shape index (κ2) is 8.55. The summed E-state index contributed by atoms with van der Waals surface area (Å²) in [7, 11) is 0. The van der Waals surface area contributed by atoms with Gasteiger partial charge in [-0.2, -0.15) is 5.10 Å². The van der Waals surface area contributed by atoms with Crippen molar-refractivity contribution in [2.24, 2.45) is 0 Å². The zero-order valence-corrected chi connectivity index (χ0v) is 15.7. The smallest absolute Gasteiger partial charge is 0.163 e. The fourth-order valence-electron chi connectivity index (χ4n) is 2.20. The lowest BCUT2D eigenvalue weighted by atomic mass is 10.1. The number of hydrogen-bond acceptors (Lipinski definition) is 6. The Morgan fingerprint density at radius 3 is 2.48 bits per heavy atom. The molecule has 0 saturated carbocycles. The molecule has 0 bridgehead atoms. The van der Waals surface area contributed by atoms with Crippen molar-refractivity contribution in [2.45, 2.75) is 64.3 Å². The molecule has 2 heterocycles. The predicted octanol–water partition coefficient (Wildman–Crippen LogP) is 1.82. The average Bonchev–Trinajstić information content (AvgIpc) is 2.93. The van der Waals surface area contributed by atoms with Crippen LogP contribution < -0.4 is 0 Å². The first-order valence-electron chi connectivity index (χ1n) is 7.57. The van der Waals surface area contributed by atoms with E-state index in [9.17, 15) is 0 Å². The van der Waals surface area contributed by atoms with Crippen LogP contribution in [0.2, 0.25) is 0 Å². The highest BCUT2D eigenvalue weighted by Crippen LogP contribution is 2.29. The SMILES string of the molecule is CC(C)(O)O.CC1(C)OCC(CC(CCO)n2cc(Br)cn2)O1. The molecule has 1 aromatic heterocycles. The lowest BCUT2D eigenvalue weighted by molar-refractivity contribution is -0.140. The van der Waals surface area contributed by atoms with Gasteiger partial charge in [0.05, 0.1) is 29.4 Å². The summed E-state index contributed by atoms with van der Waals surface area (Å²) in [6.45, 7) is 7.16. The second-order valence-electron chi connectivity index (χ2n) is 6.49. The number of halogens is 1. The number of nitrogens with zero attached hydrogens (tertiary/aromatic N) is 2. The molecule has 1 aliphatic rings. The Labute approximate surface area is 145 Å². The van der Waals surface area contributed by atoms with Crippen molar-refractivity contribution in [3.8, 4) is 0 Å². The molecular weight excluding hydrogens is 368 g/mol. The van der Waals surface area contributed by atoms with Gasteiger partial charge in [0.1, 0.15) is 0 Å². The highest BCUT2D eigenvalue weighted by Gasteiger charge is 2.34. The van der Waals surface area contributed by atoms with E-state index in [1.165, 1.54) is 13.8 Å². The highest BCUT2D eigenvalue weighted by atomic mass is 79.9. The van der Waals surface area contributed by atoms with E-state index < -0.39 is 11.6 Å². The standard InChI is InChI=1S/C12H19BrN2O3.C3H8O2/c1-12(2)17-8-11(18-12)5-10(3-4-16)15-7-9(13)6-14-15;1-3(2,4)5/h6-7,10-11,16H,3-5,8H2,1-2H3;4-5H,1-2H3. The van der Waals surface area contributed by atoms with Gasteiger partial charge in [-0.05, 0) is 56.5 Å². The maximum Gasteiger partial charge on any atom is 0.163 e. The van der Waals surface area contributed by atoms with Crippen LogP contribution >= 0.6 is 15.9 Å². The van der Waals surface area contributed by atoms with Crippen molar-refractivity contribution in [2.75, 3.05) is 13.2 Å². The summed E-state index contributed by atoms with van der Waals surface area (Å²) in [5.41, 5.74) is 0. The Balaban J connectivity index is 0.000000463. The van der Waals surface area contributed by atoms with Gasteiger partial charge in [0.25, 0.3) is 0 Å². The van der Waals surface area contributed by atoms with E-state index in [1.807, 2.05) is 24.7 Å². The summed E-state index contributed by atoms with van der Waals surface area (Å²) in [4.78, 5) is 0. The molecule has 1 aliphatic heterocycles. The van der Waals surface area contributed by atoms with E-state index in [0.29, 0.717) is 13.0 Å². The lowest BCUT2D eigenvalue weighted by Crippen LogP contribution is -2.24. The van der Waals surface area contributed by atoms with Crippen molar-refractivity contribution in [1.29, 1.82) is 0 Å². The molecule has 1 fully saturated rings. The molecule has 8 heteroatoms. The highest BCUT2D eigenvalue weighted by molar-refractivity contribution is 9.10. The first-order chi connectivity index (χ1) is 10.5. The van der Waals surface area contributed by atoms with Crippen LogP contribution in [0.1, 0.15) is 46.6 Å². The van der Waals surface area contributed by atoms with Gasteiger partial charge >= 0.3 is 0 Å². The molecule has 0 spiro atoms. The number of aliphatic hydroxyl groups excluding tert-OH is 1. The van der Waals surface area contributed by atoms with Crippen molar-refractivity contribution in [3.05, 3.63) is 16.9 Å². The van der Waals surface area contributed by atoms with Crippen LogP contribution in [-0.4, -0.2) is 56.0 Å². The average molecular weight is 395 g/mol. The molecule has 3 N–H and O–H groups in total. The van der Waals surface area contributed by atoms with E-state index in [0.717, 1.165) is 10.9 Å². The molecule has 0 aromatic carbocycles. The molecule has 23 heavy (non-hydrogen) atoms. The van der Waals surface area contributed by atoms with Crippen LogP contribution in [0.25, 0.3) is 0 Å². The quantitative estimate of drug-likeness (QED) is 0.659. The molecular formula is C15H27BrN2O5. The Kier molecular flexibility index (Phi) is 7.63. The molecule has 2 unspecified atom stereocenters. The number of aliphatic hydroxyl groups is 3. The van der Waals surface area contributed by atoms with Crippen molar-refractivity contribution < 1.29 is 24.8 Å². The molecule has 0 amide bonds. The van der Waals surface area contributed by atoms with Crippen LogP contribution in [0.4, 0.5) is 0 Å². The van der Waals surface area contributed by atoms with E-state index in [1.54, 1.807) is 6.20 Å². The van der Waals surface area contributed by atoms with Crippen LogP contribution in [0.15, 0.2) is 16.9 Å². The van der Waals surface area contributed by atoms with Crippen LogP contribution in [-0.2, 0) is 9.47 Å². The van der Waals surface area contributed by atoms with Crippen molar-refractivity contribution in [1.82, 2.24) is 9.78 Å². The summed E-state index contributed by atoms with van der Waals surface area (Å²) in [5, 5.41) is 29.6. The minimum atomic E-state index is -1.50. The monoisotopic (exact) mass is 394 g/mol. The minimum Gasteiger partial charge on any atom is -0.396 e. The molecule has 2 rings (SSSR count). The normalized spacial score (nSPS) is 21.7. The third-order valence-corrected chi connectivity index (χ3v) is 3.42. The molecule has 1 saturated heterocycles. The van der Waals surface area contributed by atoms with Gasteiger partial charge in [0.2, 0.25) is 0 Å². The van der Waals surface area contributed by atoms with E-state index in [2.05, 4.69) is 21.0 Å². The van der Waals surface area contributed by atoms with E-state index in [-0.39, 0.29) is 18.8 Å². The minimum absolute atomic E-state index is 0.0551. The first kappa shape index (κ1) is 20.5. The van der Waals surface area contributed by atoms with Gasteiger partial charge < -0.3 is 24.8 Å². The van der Waals surface area contributed by atoms with Crippen LogP contribution in [0.3, 0.4) is 0 Å². The van der Waals surface area contributed by atoms with Gasteiger partial charge in [-0.15, -0.1) is 0 Å². The number of aromatic nitrogens is 2. The Morgan fingerprint density at radius 2 is 2.09 bits per heavy atom. The van der Waals surface area contributed by atoms with E-state index >= 15 is 0 Å². The molecule has 1 aromatic rings. The van der Waals surface area contributed by atoms with Gasteiger partial charge in [-0.1, -0.05) is 0 Å². The molecule has 134 valence electrons. The summed E-state index contributed by atoms with van der Waals surface area (Å²) >= 11 is 3.38. The zero-order valence-electron chi connectivity index (χ0n) is 14.1. The summed E-state index contributed by atoms with van der Waals surface area (Å²) in [5.74, 6) is -2.00. The molecule has 0 aliphatic carbocycles. The Hall–Kier alpha value is -0.510. The van der Waals surface area contributed by atoms with Gasteiger partial charge in [-0.3, -0.25) is 4.68 Å². The molecule has 2 atom stereocenters. The van der Waals surface area contributed by atoms with Crippen molar-refractivity contribution >= 4 is 15.9 Å². The maximum absolute atomic E-state index is 9.16. The lowest BCUT2D eigenvalue weighted by Gasteiger charge is -2.21. The van der Waals surface area contributed by atoms with Gasteiger partial charge in [-0.25, -0.2) is 0 Å². The van der Waals surface area contributed by atoms with E-state index in [4.69, 9.17) is 24.8 Å². The van der Waals surface area contributed by atoms with Crippen LogP contribution in [0, 0.1) is 0 Å². The molecule has 0 radical (unpaired) electrons. The number of ether oxygens (including phenoxy) is 2. The second-order valence-corrected chi connectivity index (χ2v) is 7.40. The third-order valence-electron chi connectivity index (χ3n) is 3.01. The van der Waals surface area contributed by atoms with Crippen molar-refractivity contribution in [3.63, 3.8) is 0 Å². The summed E-state index contributed by atoms with van der Waals surface area (Å²) in [6.07, 6.45) is 5.17. The third kappa shape index (κ3) is 8.78. The maximum atomic E-state index is 9.16. The topological polar surface area (TPSA) is 97.0 Å². The Bertz CT molecular complexity index is 467. The van der Waals surface area contributed by atoms with Gasteiger partial charge in [0, 0.05) is 12.8 Å². The fraction of sp³-hybridized carbons (Fsp3) is 0.800. The Morgan fingerprint density at radius 1 is 1.48 bits per heavy atom. The largest absolute Gasteiger partial charge is 0.396 e. The summed E-state index contributed by atoms with van der Waals surface area (Å²) < 4.78 is 14.2. The first-order valence-corrected chi connectivity index (χ1v) is 8.36. The predicted molar refractivity (Wildman–Crippen MR) is 88.7 cm³/mol. The summed E-state index contributed by atoms with van der Waals surface area (Å²) in [6, 6.07) is 0.129. The number of rotatable bonds is 5. The fourth-order valence-corrected chi connectivity index (χ4v) is 2.51.